The minimum atomic E-state index is -0.257. The highest BCUT2D eigenvalue weighted by Crippen LogP contribution is 2.69. The summed E-state index contributed by atoms with van der Waals surface area (Å²) < 4.78 is 8.17. The molecule has 4 N–H and O–H groups in total. The van der Waals surface area contributed by atoms with Gasteiger partial charge in [0.15, 0.2) is 0 Å². The van der Waals surface area contributed by atoms with Crippen LogP contribution in [0, 0.1) is 52.3 Å². The summed E-state index contributed by atoms with van der Waals surface area (Å²) in [7, 11) is 0. The van der Waals surface area contributed by atoms with Crippen molar-refractivity contribution >= 4 is 18.0 Å². The number of carbonyl (C=O) groups is 1. The van der Waals surface area contributed by atoms with E-state index in [4.69, 9.17) is 4.42 Å². The zero-order valence-corrected chi connectivity index (χ0v) is 27.0. The van der Waals surface area contributed by atoms with Crippen molar-refractivity contribution in [1.29, 1.82) is 0 Å². The van der Waals surface area contributed by atoms with Crippen molar-refractivity contribution in [1.82, 2.24) is 20.2 Å². The predicted molar refractivity (Wildman–Crippen MR) is 168 cm³/mol. The third-order valence-corrected chi connectivity index (χ3v) is 13.5. The van der Waals surface area contributed by atoms with Gasteiger partial charge in [0.25, 0.3) is 0 Å². The van der Waals surface area contributed by atoms with E-state index in [9.17, 15) is 15.0 Å². The minimum Gasteiger partial charge on any atom is -0.423 e. The molecule has 8 nitrogen and oxygen atoms in total. The first kappa shape index (κ1) is 30.9. The first-order valence-electron chi connectivity index (χ1n) is 16.6. The minimum absolute atomic E-state index is 0.187. The predicted octanol–water partition coefficient (Wildman–Crippen LogP) is 6.70. The Morgan fingerprint density at radius 2 is 1.91 bits per heavy atom. The molecule has 9 heteroatoms. The molecule has 4 aliphatic carbocycles. The molecule has 1 heterocycles. The fourth-order valence-corrected chi connectivity index (χ4v) is 11.3. The zero-order valence-electron chi connectivity index (χ0n) is 26.2. The van der Waals surface area contributed by atoms with Crippen molar-refractivity contribution in [2.24, 2.45) is 52.3 Å². The molecule has 11 atom stereocenters. The van der Waals surface area contributed by atoms with Gasteiger partial charge in [-0.05, 0) is 134 Å². The number of nitrogens with one attached hydrogen (secondary N) is 2. The largest absolute Gasteiger partial charge is 0.423 e. The number of carbonyl (C=O) groups excluding carboxylic acids is 1. The van der Waals surface area contributed by atoms with Crippen LogP contribution in [0.15, 0.2) is 40.0 Å². The number of rotatable bonds is 8. The molecule has 4 saturated carbocycles. The van der Waals surface area contributed by atoms with Gasteiger partial charge in [-0.2, -0.15) is 0 Å². The molecule has 2 amide bonds. The van der Waals surface area contributed by atoms with Gasteiger partial charge < -0.3 is 19.9 Å². The second-order valence-corrected chi connectivity index (χ2v) is 15.5. The number of aliphatic hydroxyl groups excluding tert-OH is 2. The van der Waals surface area contributed by atoms with Crippen LogP contribution in [0.5, 0.6) is 0 Å². The maximum absolute atomic E-state index is 12.6. The average Bonchev–Trinajstić information content (AvgIpc) is 3.66. The summed E-state index contributed by atoms with van der Waals surface area (Å²) in [6.07, 6.45) is 10.5. The van der Waals surface area contributed by atoms with Crippen LogP contribution in [-0.4, -0.2) is 45.2 Å². The third kappa shape index (κ3) is 5.63. The van der Waals surface area contributed by atoms with Crippen molar-refractivity contribution in [3.63, 3.8) is 0 Å². The van der Waals surface area contributed by atoms with Gasteiger partial charge in [0.2, 0.25) is 12.3 Å². The molecular weight excluding hydrogens is 560 g/mol. The molecule has 0 radical (unpaired) electrons. The molecule has 43 heavy (non-hydrogen) atoms. The van der Waals surface area contributed by atoms with Crippen LogP contribution in [0.4, 0.5) is 4.79 Å². The summed E-state index contributed by atoms with van der Waals surface area (Å²) >= 11 is 1.27. The van der Waals surface area contributed by atoms with E-state index in [2.05, 4.69) is 47.9 Å². The molecule has 1 aromatic heterocycles. The summed E-state index contributed by atoms with van der Waals surface area (Å²) in [6.45, 7) is 10.3. The lowest BCUT2D eigenvalue weighted by Gasteiger charge is -2.64. The fraction of sp³-hybridized carbons (Fsp3) is 0.735. The Hall–Kier alpha value is -2.10. The van der Waals surface area contributed by atoms with Gasteiger partial charge in [-0.1, -0.05) is 40.2 Å². The van der Waals surface area contributed by atoms with Crippen LogP contribution in [0.1, 0.15) is 85.5 Å². The van der Waals surface area contributed by atoms with E-state index in [1.54, 1.807) is 0 Å². The van der Waals surface area contributed by atoms with Crippen molar-refractivity contribution in [3.05, 3.63) is 30.7 Å². The van der Waals surface area contributed by atoms with Gasteiger partial charge in [0.1, 0.15) is 0 Å². The molecule has 236 valence electrons. The Morgan fingerprint density at radius 3 is 2.67 bits per heavy atom. The van der Waals surface area contributed by atoms with Crippen molar-refractivity contribution < 1.29 is 19.4 Å². The van der Waals surface area contributed by atoms with Crippen LogP contribution in [0.25, 0.3) is 11.5 Å². The molecule has 2 aromatic rings. The average molecular weight is 611 g/mol. The van der Waals surface area contributed by atoms with Crippen molar-refractivity contribution in [3.8, 4) is 11.5 Å². The first-order valence-corrected chi connectivity index (χ1v) is 17.4. The Morgan fingerprint density at radius 1 is 1.12 bits per heavy atom. The summed E-state index contributed by atoms with van der Waals surface area (Å²) in [5.41, 5.74) is 1.28. The number of benzene rings is 1. The number of fused-ring (bicyclic) bond motifs is 5. The van der Waals surface area contributed by atoms with Crippen molar-refractivity contribution in [2.45, 2.75) is 103 Å². The monoisotopic (exact) mass is 610 g/mol. The zero-order chi connectivity index (χ0) is 30.4. The number of amides is 2. The third-order valence-electron chi connectivity index (χ3n) is 12.7. The Balaban J connectivity index is 1.04. The Kier molecular flexibility index (Phi) is 8.88. The van der Waals surface area contributed by atoms with Crippen LogP contribution >= 0.6 is 11.9 Å². The number of hydrogen-bond acceptors (Lipinski definition) is 7. The lowest BCUT2D eigenvalue weighted by molar-refractivity contribution is -0.203. The van der Waals surface area contributed by atoms with E-state index in [0.29, 0.717) is 53.9 Å². The molecule has 0 unspecified atom stereocenters. The van der Waals surface area contributed by atoms with Gasteiger partial charge >= 0.3 is 6.03 Å². The quantitative estimate of drug-likeness (QED) is 0.246. The van der Waals surface area contributed by atoms with E-state index in [0.717, 1.165) is 42.6 Å². The van der Waals surface area contributed by atoms with Gasteiger partial charge in [0, 0.05) is 17.0 Å². The highest BCUT2D eigenvalue weighted by molar-refractivity contribution is 7.98. The van der Waals surface area contributed by atoms with Crippen LogP contribution in [-0.2, 0) is 0 Å². The van der Waals surface area contributed by atoms with E-state index in [1.807, 2.05) is 24.3 Å². The summed E-state index contributed by atoms with van der Waals surface area (Å²) in [6, 6.07) is 7.46. The van der Waals surface area contributed by atoms with Gasteiger partial charge in [-0.15, -0.1) is 10.2 Å². The second-order valence-electron chi connectivity index (χ2n) is 14.6. The number of aliphatic hydroxyl groups is 2. The molecule has 0 spiro atoms. The molecule has 6 rings (SSSR count). The molecule has 4 fully saturated rings. The lowest BCUT2D eigenvalue weighted by Crippen LogP contribution is -2.62. The highest BCUT2D eigenvalue weighted by atomic mass is 32.2. The molecular formula is C34H50N4O4S. The summed E-state index contributed by atoms with van der Waals surface area (Å²) in [5, 5.41) is 33.2. The molecule has 0 bridgehead atoms. The van der Waals surface area contributed by atoms with Gasteiger partial charge in [-0.3, -0.25) is 4.72 Å². The number of hydrogen-bond donors (Lipinski definition) is 4. The SMILES string of the molecule is CC[C@H]1[C@@H](O)[C@@H]2[C@H](CC[C@]3(C)[C@@H]([C@H](C)CCNC(=O)NSc4cccc(-c5nnco5)c4)CC[C@@H]23)[C@@]2(C)CC[C@@H](O)C[C@@H]12. The standard InChI is InChI=1S/C34H50N4O4S/c1-5-24-28-18-22(39)11-14-34(28,4)27-12-15-33(3)25(9-10-26(33)29(27)30(24)40)20(2)13-16-35-32(41)38-43-23-8-6-7-21(17-23)31-37-36-19-42-31/h6-8,17,19-20,22,24-30,39-40H,5,9-16,18H2,1-4H3,(H2,35,38,41)/t20-,22-,24-,25-,26+,27+,28+,29+,30-,33-,34-/m1/s1. The van der Waals surface area contributed by atoms with E-state index >= 15 is 0 Å². The molecule has 4 aliphatic rings. The highest BCUT2D eigenvalue weighted by Gasteiger charge is 2.64. The summed E-state index contributed by atoms with van der Waals surface area (Å²) in [4.78, 5) is 13.5. The lowest BCUT2D eigenvalue weighted by atomic mass is 9.41. The second kappa shape index (κ2) is 12.4. The normalized spacial score (nSPS) is 39.3. The fourth-order valence-electron chi connectivity index (χ4n) is 10.7. The first-order chi connectivity index (χ1) is 20.7. The molecule has 0 aliphatic heterocycles. The number of urea groups is 1. The van der Waals surface area contributed by atoms with Crippen molar-refractivity contribution in [2.75, 3.05) is 6.54 Å². The Labute approximate surface area is 260 Å². The van der Waals surface area contributed by atoms with Crippen LogP contribution < -0.4 is 10.0 Å². The molecule has 1 aromatic carbocycles. The summed E-state index contributed by atoms with van der Waals surface area (Å²) in [5.74, 6) is 3.78. The van der Waals surface area contributed by atoms with Crippen LogP contribution in [0.2, 0.25) is 0 Å². The Bertz CT molecular complexity index is 1260. The number of nitrogens with zero attached hydrogens (tertiary/aromatic N) is 2. The van der Waals surface area contributed by atoms with E-state index in [1.165, 1.54) is 44.0 Å². The smallest absolute Gasteiger partial charge is 0.325 e. The maximum atomic E-state index is 12.6. The topological polar surface area (TPSA) is 121 Å². The maximum Gasteiger partial charge on any atom is 0.325 e. The van der Waals surface area contributed by atoms with Gasteiger partial charge in [0.05, 0.1) is 12.2 Å². The van der Waals surface area contributed by atoms with E-state index in [-0.39, 0.29) is 29.1 Å². The van der Waals surface area contributed by atoms with Crippen LogP contribution in [0.3, 0.4) is 0 Å². The van der Waals surface area contributed by atoms with E-state index < -0.39 is 0 Å². The number of aromatic nitrogens is 2. The van der Waals surface area contributed by atoms with Gasteiger partial charge in [-0.25, -0.2) is 4.79 Å². The molecule has 0 saturated heterocycles.